The summed E-state index contributed by atoms with van der Waals surface area (Å²) < 4.78 is 53.0. The Morgan fingerprint density at radius 2 is 1.50 bits per heavy atom. The number of carbonyl (C=O) groups excluding carboxylic acids is 1. The number of carbonyl (C=O) groups is 1. The average Bonchev–Trinajstić information content (AvgIpc) is 2.74. The van der Waals surface area contributed by atoms with Crippen LogP contribution in [-0.2, 0) is 24.8 Å². The molecule has 2 aromatic rings. The second-order valence-electron chi connectivity index (χ2n) is 6.79. The van der Waals surface area contributed by atoms with Crippen molar-refractivity contribution >= 4 is 37.6 Å². The van der Waals surface area contributed by atoms with E-state index in [1.54, 1.807) is 30.3 Å². The fraction of sp³-hybridized carbons (Fsp3) is 0.316. The monoisotopic (exact) mass is 471 g/mol. The van der Waals surface area contributed by atoms with Gasteiger partial charge in [-0.05, 0) is 24.3 Å². The second-order valence-corrected chi connectivity index (χ2v) is 11.1. The maximum atomic E-state index is 12.8. The first-order valence-corrected chi connectivity index (χ1v) is 12.4. The number of sulfonamides is 2. The molecule has 3 rings (SSSR count). The largest absolute Gasteiger partial charge is 0.339 e. The number of nitrogens with zero attached hydrogens (tertiary/aromatic N) is 3. The molecule has 8 nitrogen and oxygen atoms in total. The first-order chi connectivity index (χ1) is 14.1. The Balaban J connectivity index is 1.62. The molecule has 0 aliphatic carbocycles. The zero-order valence-corrected chi connectivity index (χ0v) is 18.7. The summed E-state index contributed by atoms with van der Waals surface area (Å²) in [4.78, 5) is 14.2. The van der Waals surface area contributed by atoms with Crippen LogP contribution >= 0.6 is 11.6 Å². The third kappa shape index (κ3) is 4.68. The molecular weight excluding hydrogens is 450 g/mol. The van der Waals surface area contributed by atoms with Crippen molar-refractivity contribution in [2.75, 3.05) is 39.8 Å². The van der Waals surface area contributed by atoms with Gasteiger partial charge in [-0.15, -0.1) is 0 Å². The summed E-state index contributed by atoms with van der Waals surface area (Å²) in [5.41, 5.74) is 0. The molecule has 0 radical (unpaired) electrons. The summed E-state index contributed by atoms with van der Waals surface area (Å²) in [7, 11) is -6.20. The van der Waals surface area contributed by atoms with Crippen LogP contribution < -0.4 is 0 Å². The van der Waals surface area contributed by atoms with E-state index in [1.165, 1.54) is 40.5 Å². The van der Waals surface area contributed by atoms with Gasteiger partial charge in [0.25, 0.3) is 0 Å². The molecular formula is C19H22ClN3O5S2. The lowest BCUT2D eigenvalue weighted by molar-refractivity contribution is -0.132. The summed E-state index contributed by atoms with van der Waals surface area (Å²) in [6.45, 7) is 0.223. The third-order valence-corrected chi connectivity index (χ3v) is 9.07. The van der Waals surface area contributed by atoms with Crippen molar-refractivity contribution < 1.29 is 21.6 Å². The van der Waals surface area contributed by atoms with E-state index in [0.29, 0.717) is 0 Å². The molecule has 0 atom stereocenters. The fourth-order valence-electron chi connectivity index (χ4n) is 3.12. The van der Waals surface area contributed by atoms with Crippen LogP contribution in [0.15, 0.2) is 64.4 Å². The lowest BCUT2D eigenvalue weighted by Gasteiger charge is -2.34. The van der Waals surface area contributed by atoms with Crippen LogP contribution in [0.2, 0.25) is 5.02 Å². The Labute approximate surface area is 181 Å². The average molecular weight is 472 g/mol. The number of amides is 1. The molecule has 0 bridgehead atoms. The van der Waals surface area contributed by atoms with Gasteiger partial charge in [0, 0.05) is 33.2 Å². The van der Waals surface area contributed by atoms with Gasteiger partial charge in [0.05, 0.1) is 16.5 Å². The molecule has 1 aliphatic rings. The van der Waals surface area contributed by atoms with Gasteiger partial charge in [-0.25, -0.2) is 16.8 Å². The molecule has 0 spiro atoms. The highest BCUT2D eigenvalue weighted by Crippen LogP contribution is 2.25. The van der Waals surface area contributed by atoms with E-state index in [9.17, 15) is 21.6 Å². The van der Waals surface area contributed by atoms with Crippen molar-refractivity contribution in [1.29, 1.82) is 0 Å². The molecule has 162 valence electrons. The van der Waals surface area contributed by atoms with E-state index in [-0.39, 0.29) is 53.4 Å². The van der Waals surface area contributed by atoms with Crippen molar-refractivity contribution in [2.45, 2.75) is 9.79 Å². The molecule has 0 unspecified atom stereocenters. The Kier molecular flexibility index (Phi) is 6.83. The van der Waals surface area contributed by atoms with Gasteiger partial charge < -0.3 is 4.90 Å². The van der Waals surface area contributed by atoms with Gasteiger partial charge in [0.1, 0.15) is 4.90 Å². The van der Waals surface area contributed by atoms with Crippen LogP contribution in [0.25, 0.3) is 0 Å². The maximum absolute atomic E-state index is 12.8. The van der Waals surface area contributed by atoms with Crippen molar-refractivity contribution in [2.24, 2.45) is 0 Å². The van der Waals surface area contributed by atoms with Gasteiger partial charge in [0.15, 0.2) is 0 Å². The Morgan fingerprint density at radius 3 is 2.10 bits per heavy atom. The minimum Gasteiger partial charge on any atom is -0.339 e. The van der Waals surface area contributed by atoms with Crippen molar-refractivity contribution in [3.05, 3.63) is 59.6 Å². The number of halogens is 1. The fourth-order valence-corrected chi connectivity index (χ4v) is 6.18. The number of piperazine rings is 1. The molecule has 1 amide bonds. The van der Waals surface area contributed by atoms with Gasteiger partial charge in [0.2, 0.25) is 26.0 Å². The minimum atomic E-state index is -3.78. The summed E-state index contributed by atoms with van der Waals surface area (Å²) in [5.74, 6) is -0.383. The van der Waals surface area contributed by atoms with Gasteiger partial charge >= 0.3 is 0 Å². The van der Waals surface area contributed by atoms with Gasteiger partial charge in [-0.1, -0.05) is 41.9 Å². The van der Waals surface area contributed by atoms with Crippen molar-refractivity contribution in [3.63, 3.8) is 0 Å². The minimum absolute atomic E-state index is 0.0279. The lowest BCUT2D eigenvalue weighted by Crippen LogP contribution is -2.52. The molecule has 0 saturated carbocycles. The molecule has 30 heavy (non-hydrogen) atoms. The number of rotatable bonds is 6. The smallest absolute Gasteiger partial charge is 0.244 e. The quantitative estimate of drug-likeness (QED) is 0.636. The van der Waals surface area contributed by atoms with Gasteiger partial charge in [-0.2, -0.15) is 8.61 Å². The highest BCUT2D eigenvalue weighted by atomic mass is 35.5. The molecule has 1 fully saturated rings. The van der Waals surface area contributed by atoms with Crippen LogP contribution in [0.4, 0.5) is 0 Å². The molecule has 1 aliphatic heterocycles. The SMILES string of the molecule is CN(CC(=O)N1CCN(S(=O)(=O)c2ccccc2Cl)CC1)S(=O)(=O)c1ccccc1. The molecule has 1 heterocycles. The van der Waals surface area contributed by atoms with Crippen LogP contribution in [0.3, 0.4) is 0 Å². The number of benzene rings is 2. The Bertz CT molecular complexity index is 1120. The Hall–Kier alpha value is -1.98. The van der Waals surface area contributed by atoms with Crippen LogP contribution in [-0.4, -0.2) is 76.0 Å². The van der Waals surface area contributed by atoms with E-state index >= 15 is 0 Å². The molecule has 0 aromatic heterocycles. The van der Waals surface area contributed by atoms with Crippen molar-refractivity contribution in [3.8, 4) is 0 Å². The standard InChI is InChI=1S/C19H22ClN3O5S2/c1-21(29(25,26)16-7-3-2-4-8-16)15-19(24)22-11-13-23(14-12-22)30(27,28)18-10-6-5-9-17(18)20/h2-10H,11-15H2,1H3. The highest BCUT2D eigenvalue weighted by molar-refractivity contribution is 7.89. The van der Waals surface area contributed by atoms with Crippen LogP contribution in [0.1, 0.15) is 0 Å². The normalized spacial score (nSPS) is 16.0. The van der Waals surface area contributed by atoms with Gasteiger partial charge in [-0.3, -0.25) is 4.79 Å². The van der Waals surface area contributed by atoms with E-state index < -0.39 is 20.0 Å². The van der Waals surface area contributed by atoms with Crippen LogP contribution in [0, 0.1) is 0 Å². The number of likely N-dealkylation sites (N-methyl/N-ethyl adjacent to an activating group) is 1. The molecule has 1 saturated heterocycles. The summed E-state index contributed by atoms with van der Waals surface area (Å²) in [5, 5.41) is 0.142. The Morgan fingerprint density at radius 1 is 0.933 bits per heavy atom. The van der Waals surface area contributed by atoms with E-state index in [1.807, 2.05) is 0 Å². The first-order valence-electron chi connectivity index (χ1n) is 9.18. The first kappa shape index (κ1) is 22.7. The predicted molar refractivity (Wildman–Crippen MR) is 113 cm³/mol. The maximum Gasteiger partial charge on any atom is 0.244 e. The topological polar surface area (TPSA) is 95.1 Å². The van der Waals surface area contributed by atoms with Crippen LogP contribution in [0.5, 0.6) is 0 Å². The molecule has 2 aromatic carbocycles. The predicted octanol–water partition coefficient (Wildman–Crippen LogP) is 1.49. The highest BCUT2D eigenvalue weighted by Gasteiger charge is 2.32. The van der Waals surface area contributed by atoms with Crippen molar-refractivity contribution in [1.82, 2.24) is 13.5 Å². The number of hydrogen-bond acceptors (Lipinski definition) is 5. The zero-order valence-electron chi connectivity index (χ0n) is 16.3. The molecule has 11 heteroatoms. The lowest BCUT2D eigenvalue weighted by atomic mass is 10.3. The van der Waals surface area contributed by atoms with E-state index in [2.05, 4.69) is 0 Å². The number of hydrogen-bond donors (Lipinski definition) is 0. The molecule has 0 N–H and O–H groups in total. The summed E-state index contributed by atoms with van der Waals surface area (Å²) in [6.07, 6.45) is 0. The summed E-state index contributed by atoms with van der Waals surface area (Å²) in [6, 6.07) is 14.1. The second kappa shape index (κ2) is 9.03. The van der Waals surface area contributed by atoms with E-state index in [4.69, 9.17) is 11.6 Å². The van der Waals surface area contributed by atoms with E-state index in [0.717, 1.165) is 4.31 Å². The summed E-state index contributed by atoms with van der Waals surface area (Å²) >= 11 is 6.02. The third-order valence-electron chi connectivity index (χ3n) is 4.86. The zero-order chi connectivity index (χ0) is 21.9.